The number of rotatable bonds is 6. The first-order valence-electron chi connectivity index (χ1n) is 10.2. The summed E-state index contributed by atoms with van der Waals surface area (Å²) in [6, 6.07) is 5.79. The second-order valence-corrected chi connectivity index (χ2v) is 9.98. The molecule has 0 atom stereocenters. The molecule has 0 aromatic heterocycles. The number of hydrogen-bond acceptors (Lipinski definition) is 4. The predicted molar refractivity (Wildman–Crippen MR) is 111 cm³/mol. The Morgan fingerprint density at radius 2 is 1.21 bits per heavy atom. The standard InChI is InChI=1S/C20H28ClN3O4S/c21-17-7-9-18(10-8-17)29(27,28)24(15-19(25)22-11-3-1-4-12-22)16-20(26)23-13-5-2-6-14-23/h7-10H,1-6,11-16H2. The zero-order valence-corrected chi connectivity index (χ0v) is 18.1. The Balaban J connectivity index is 1.80. The van der Waals surface area contributed by atoms with Crippen LogP contribution in [-0.2, 0) is 19.6 Å². The van der Waals surface area contributed by atoms with Gasteiger partial charge in [0.1, 0.15) is 0 Å². The molecular formula is C20H28ClN3O4S. The summed E-state index contributed by atoms with van der Waals surface area (Å²) in [4.78, 5) is 29.0. The summed E-state index contributed by atoms with van der Waals surface area (Å²) in [5, 5.41) is 0.421. The van der Waals surface area contributed by atoms with Crippen LogP contribution in [0.3, 0.4) is 0 Å². The van der Waals surface area contributed by atoms with Gasteiger partial charge in [-0.3, -0.25) is 9.59 Å². The van der Waals surface area contributed by atoms with Crippen LogP contribution in [0.2, 0.25) is 5.02 Å². The van der Waals surface area contributed by atoms with Gasteiger partial charge in [0.15, 0.2) is 0 Å². The first kappa shape index (κ1) is 22.1. The Labute approximate surface area is 177 Å². The highest BCUT2D eigenvalue weighted by Gasteiger charge is 2.32. The fourth-order valence-electron chi connectivity index (χ4n) is 3.77. The van der Waals surface area contributed by atoms with Crippen LogP contribution in [0.5, 0.6) is 0 Å². The number of likely N-dealkylation sites (tertiary alicyclic amines) is 2. The molecule has 29 heavy (non-hydrogen) atoms. The molecular weight excluding hydrogens is 414 g/mol. The summed E-state index contributed by atoms with van der Waals surface area (Å²) in [5.74, 6) is -0.512. The molecule has 2 fully saturated rings. The van der Waals surface area contributed by atoms with E-state index < -0.39 is 10.0 Å². The van der Waals surface area contributed by atoms with Crippen LogP contribution in [0, 0.1) is 0 Å². The van der Waals surface area contributed by atoms with Gasteiger partial charge in [-0.25, -0.2) is 8.42 Å². The zero-order valence-electron chi connectivity index (χ0n) is 16.6. The highest BCUT2D eigenvalue weighted by molar-refractivity contribution is 7.89. The van der Waals surface area contributed by atoms with Crippen molar-refractivity contribution < 1.29 is 18.0 Å². The molecule has 2 aliphatic heterocycles. The number of halogens is 1. The van der Waals surface area contributed by atoms with Crippen molar-refractivity contribution >= 4 is 33.4 Å². The van der Waals surface area contributed by atoms with Gasteiger partial charge in [-0.15, -0.1) is 0 Å². The molecule has 2 heterocycles. The summed E-state index contributed by atoms with van der Waals surface area (Å²) < 4.78 is 27.5. The Bertz CT molecular complexity index is 785. The lowest BCUT2D eigenvalue weighted by atomic mass is 10.1. The maximum Gasteiger partial charge on any atom is 0.244 e. The number of benzene rings is 1. The van der Waals surface area contributed by atoms with E-state index in [1.54, 1.807) is 9.80 Å². The van der Waals surface area contributed by atoms with E-state index in [9.17, 15) is 18.0 Å². The summed E-state index contributed by atoms with van der Waals surface area (Å²) in [6.07, 6.45) is 5.82. The van der Waals surface area contributed by atoms with Crippen LogP contribution in [-0.4, -0.2) is 73.6 Å². The van der Waals surface area contributed by atoms with E-state index >= 15 is 0 Å². The molecule has 1 aromatic rings. The van der Waals surface area contributed by atoms with Gasteiger partial charge in [-0.1, -0.05) is 11.6 Å². The first-order valence-corrected chi connectivity index (χ1v) is 12.0. The molecule has 0 saturated carbocycles. The molecule has 0 aliphatic carbocycles. The molecule has 2 saturated heterocycles. The minimum absolute atomic E-state index is 0.0276. The Hall–Kier alpha value is -1.64. The van der Waals surface area contributed by atoms with Gasteiger partial charge in [0.25, 0.3) is 0 Å². The first-order chi connectivity index (χ1) is 13.9. The molecule has 0 bridgehead atoms. The Morgan fingerprint density at radius 3 is 1.62 bits per heavy atom. The largest absolute Gasteiger partial charge is 0.342 e. The SMILES string of the molecule is O=C(CN(CC(=O)N1CCCCC1)S(=O)(=O)c1ccc(Cl)cc1)N1CCCCC1. The van der Waals surface area contributed by atoms with E-state index in [-0.39, 0.29) is 29.8 Å². The molecule has 2 amide bonds. The van der Waals surface area contributed by atoms with E-state index in [0.717, 1.165) is 42.8 Å². The van der Waals surface area contributed by atoms with Crippen LogP contribution < -0.4 is 0 Å². The maximum atomic E-state index is 13.2. The topological polar surface area (TPSA) is 78.0 Å². The molecule has 160 valence electrons. The molecule has 2 aliphatic rings. The van der Waals surface area contributed by atoms with Crippen LogP contribution in [0.4, 0.5) is 0 Å². The second kappa shape index (κ2) is 9.91. The minimum Gasteiger partial charge on any atom is -0.342 e. The molecule has 0 spiro atoms. The van der Waals surface area contributed by atoms with Crippen LogP contribution in [0.15, 0.2) is 29.2 Å². The fraction of sp³-hybridized carbons (Fsp3) is 0.600. The number of carbonyl (C=O) groups is 2. The van der Waals surface area contributed by atoms with E-state index in [2.05, 4.69) is 0 Å². The number of amides is 2. The fourth-order valence-corrected chi connectivity index (χ4v) is 5.23. The normalized spacial score (nSPS) is 18.1. The third-order valence-electron chi connectivity index (χ3n) is 5.49. The van der Waals surface area contributed by atoms with E-state index in [1.165, 1.54) is 24.3 Å². The number of piperidine rings is 2. The van der Waals surface area contributed by atoms with E-state index in [4.69, 9.17) is 11.6 Å². The van der Waals surface area contributed by atoms with Crippen molar-refractivity contribution in [3.8, 4) is 0 Å². The van der Waals surface area contributed by atoms with Gasteiger partial charge >= 0.3 is 0 Å². The number of hydrogen-bond donors (Lipinski definition) is 0. The van der Waals surface area contributed by atoms with Crippen molar-refractivity contribution in [1.82, 2.24) is 14.1 Å². The molecule has 0 unspecified atom stereocenters. The summed E-state index contributed by atoms with van der Waals surface area (Å²) in [5.41, 5.74) is 0. The van der Waals surface area contributed by atoms with Crippen LogP contribution >= 0.6 is 11.6 Å². The zero-order chi connectivity index (χ0) is 20.9. The predicted octanol–water partition coefficient (Wildman–Crippen LogP) is 2.36. The number of sulfonamides is 1. The smallest absolute Gasteiger partial charge is 0.244 e. The van der Waals surface area contributed by atoms with Gasteiger partial charge < -0.3 is 9.80 Å². The van der Waals surface area contributed by atoms with Crippen LogP contribution in [0.1, 0.15) is 38.5 Å². The van der Waals surface area contributed by atoms with Crippen molar-refractivity contribution in [3.63, 3.8) is 0 Å². The third-order valence-corrected chi connectivity index (χ3v) is 7.55. The Morgan fingerprint density at radius 1 is 0.793 bits per heavy atom. The Kier molecular flexibility index (Phi) is 7.54. The molecule has 9 heteroatoms. The van der Waals surface area contributed by atoms with Gasteiger partial charge in [0.2, 0.25) is 21.8 Å². The average molecular weight is 442 g/mol. The highest BCUT2D eigenvalue weighted by Crippen LogP contribution is 2.20. The second-order valence-electron chi connectivity index (χ2n) is 7.61. The summed E-state index contributed by atoms with van der Waals surface area (Å²) >= 11 is 5.88. The van der Waals surface area contributed by atoms with Gasteiger partial charge in [0, 0.05) is 31.2 Å². The maximum absolute atomic E-state index is 13.2. The summed E-state index contributed by atoms with van der Waals surface area (Å²) in [7, 11) is -4.01. The molecule has 1 aromatic carbocycles. The van der Waals surface area contributed by atoms with Gasteiger partial charge in [-0.2, -0.15) is 4.31 Å². The highest BCUT2D eigenvalue weighted by atomic mass is 35.5. The van der Waals surface area contributed by atoms with Crippen molar-refractivity contribution in [2.75, 3.05) is 39.3 Å². The molecule has 0 N–H and O–H groups in total. The third kappa shape index (κ3) is 5.71. The quantitative estimate of drug-likeness (QED) is 0.678. The summed E-state index contributed by atoms with van der Waals surface area (Å²) in [6.45, 7) is 1.87. The minimum atomic E-state index is -4.01. The number of carbonyl (C=O) groups excluding carboxylic acids is 2. The monoisotopic (exact) mass is 441 g/mol. The van der Waals surface area contributed by atoms with Crippen LogP contribution in [0.25, 0.3) is 0 Å². The molecule has 3 rings (SSSR count). The molecule has 7 nitrogen and oxygen atoms in total. The van der Waals surface area contributed by atoms with Gasteiger partial charge in [-0.05, 0) is 62.8 Å². The van der Waals surface area contributed by atoms with E-state index in [1.807, 2.05) is 0 Å². The lowest BCUT2D eigenvalue weighted by Gasteiger charge is -2.31. The van der Waals surface area contributed by atoms with Crippen molar-refractivity contribution in [2.24, 2.45) is 0 Å². The molecule has 0 radical (unpaired) electrons. The van der Waals surface area contributed by atoms with Crippen molar-refractivity contribution in [1.29, 1.82) is 0 Å². The van der Waals surface area contributed by atoms with Crippen molar-refractivity contribution in [3.05, 3.63) is 29.3 Å². The van der Waals surface area contributed by atoms with Crippen molar-refractivity contribution in [2.45, 2.75) is 43.4 Å². The number of nitrogens with zero attached hydrogens (tertiary/aromatic N) is 3. The lowest BCUT2D eigenvalue weighted by molar-refractivity contribution is -0.134. The van der Waals surface area contributed by atoms with E-state index in [0.29, 0.717) is 31.2 Å². The van der Waals surface area contributed by atoms with Gasteiger partial charge in [0.05, 0.1) is 18.0 Å². The lowest BCUT2D eigenvalue weighted by Crippen LogP contribution is -2.49. The average Bonchev–Trinajstić information content (AvgIpc) is 2.74.